The molecule has 0 amide bonds. The zero-order valence-electron chi connectivity index (χ0n) is 25.2. The molecule has 36 heavy (non-hydrogen) atoms. The summed E-state index contributed by atoms with van der Waals surface area (Å²) in [5.41, 5.74) is 1.56. The molecule has 1 atom stereocenters. The Hall–Kier alpha value is -0.493. The standard InChI is InChI=1S/C31H62O4Si/c1-8-9-10-11-12-13-14-15-16-17-18-19-20-21-22-30(32)23-24-31(35-33)25-26-34-36(27(2)3,28(4)5)29(6)7/h23-24,27-29,31,33H,8-22,25-26H2,1-7H3/b24-23+/t31-/m1/s1. The third-order valence-corrected chi connectivity index (χ3v) is 14.0. The van der Waals surface area contributed by atoms with E-state index in [1.165, 1.54) is 77.0 Å². The molecule has 5 heteroatoms. The molecule has 0 aliphatic carbocycles. The zero-order chi connectivity index (χ0) is 27.2. The van der Waals surface area contributed by atoms with Gasteiger partial charge in [0, 0.05) is 19.4 Å². The number of allylic oxidation sites excluding steroid dienone is 1. The second-order valence-electron chi connectivity index (χ2n) is 11.8. The largest absolute Gasteiger partial charge is 0.416 e. The Balaban J connectivity index is 3.97. The molecule has 0 aliphatic heterocycles. The Bertz CT molecular complexity index is 523. The van der Waals surface area contributed by atoms with Crippen LogP contribution in [0.15, 0.2) is 12.2 Å². The third-order valence-electron chi connectivity index (χ3n) is 7.87. The molecule has 1 N–H and O–H groups in total. The monoisotopic (exact) mass is 526 g/mol. The molecule has 0 radical (unpaired) electrons. The Morgan fingerprint density at radius 3 is 1.53 bits per heavy atom. The molecule has 4 nitrogen and oxygen atoms in total. The van der Waals surface area contributed by atoms with E-state index in [2.05, 4.69) is 53.4 Å². The first-order valence-corrected chi connectivity index (χ1v) is 17.5. The first-order valence-electron chi connectivity index (χ1n) is 15.4. The minimum absolute atomic E-state index is 0.118. The number of carbonyl (C=O) groups is 1. The van der Waals surface area contributed by atoms with E-state index in [1.807, 2.05) is 0 Å². The van der Waals surface area contributed by atoms with Crippen LogP contribution in [0.5, 0.6) is 0 Å². The minimum Gasteiger partial charge on any atom is -0.416 e. The summed E-state index contributed by atoms with van der Waals surface area (Å²) >= 11 is 0. The predicted octanol–water partition coefficient (Wildman–Crippen LogP) is 10.4. The predicted molar refractivity (Wildman–Crippen MR) is 158 cm³/mol. The Labute approximate surface area is 226 Å². The van der Waals surface area contributed by atoms with Crippen molar-refractivity contribution < 1.29 is 19.4 Å². The molecular formula is C31H62O4Si. The van der Waals surface area contributed by atoms with Crippen LogP contribution in [0, 0.1) is 0 Å². The lowest BCUT2D eigenvalue weighted by molar-refractivity contribution is -0.267. The maximum Gasteiger partial charge on any atom is 0.200 e. The van der Waals surface area contributed by atoms with Gasteiger partial charge in [-0.25, -0.2) is 4.89 Å². The molecule has 0 bridgehead atoms. The van der Waals surface area contributed by atoms with Gasteiger partial charge in [-0.2, -0.15) is 0 Å². The van der Waals surface area contributed by atoms with E-state index < -0.39 is 14.4 Å². The lowest BCUT2D eigenvalue weighted by Crippen LogP contribution is -2.48. The highest BCUT2D eigenvalue weighted by Crippen LogP contribution is 2.42. The summed E-state index contributed by atoms with van der Waals surface area (Å²) in [6.07, 6.45) is 22.3. The molecular weight excluding hydrogens is 464 g/mol. The zero-order valence-corrected chi connectivity index (χ0v) is 26.2. The number of rotatable bonds is 25. The number of ketones is 1. The fourth-order valence-corrected chi connectivity index (χ4v) is 11.3. The maximum atomic E-state index is 12.2. The Morgan fingerprint density at radius 1 is 0.722 bits per heavy atom. The fraction of sp³-hybridized carbons (Fsp3) is 0.903. The molecule has 0 aromatic heterocycles. The van der Waals surface area contributed by atoms with Crippen molar-refractivity contribution in [3.8, 4) is 0 Å². The van der Waals surface area contributed by atoms with Gasteiger partial charge < -0.3 is 4.43 Å². The van der Waals surface area contributed by atoms with Gasteiger partial charge in [-0.15, -0.1) is 0 Å². The van der Waals surface area contributed by atoms with E-state index in [4.69, 9.17) is 4.43 Å². The van der Waals surface area contributed by atoms with Gasteiger partial charge in [0.1, 0.15) is 6.10 Å². The van der Waals surface area contributed by atoms with Gasteiger partial charge in [-0.3, -0.25) is 10.1 Å². The van der Waals surface area contributed by atoms with Crippen molar-refractivity contribution in [1.29, 1.82) is 0 Å². The van der Waals surface area contributed by atoms with Crippen molar-refractivity contribution in [3.63, 3.8) is 0 Å². The van der Waals surface area contributed by atoms with Crippen LogP contribution in [-0.2, 0) is 14.1 Å². The number of hydrogen-bond donors (Lipinski definition) is 1. The molecule has 0 saturated heterocycles. The van der Waals surface area contributed by atoms with Crippen molar-refractivity contribution in [2.45, 2.75) is 174 Å². The van der Waals surface area contributed by atoms with Gasteiger partial charge in [0.15, 0.2) is 14.1 Å². The van der Waals surface area contributed by atoms with Crippen LogP contribution in [0.1, 0.15) is 151 Å². The molecule has 0 fully saturated rings. The average Bonchev–Trinajstić information content (AvgIpc) is 2.83. The first-order chi connectivity index (χ1) is 17.2. The van der Waals surface area contributed by atoms with Crippen molar-refractivity contribution in [3.05, 3.63) is 12.2 Å². The van der Waals surface area contributed by atoms with Crippen LogP contribution in [0.4, 0.5) is 0 Å². The highest BCUT2D eigenvalue weighted by Gasteiger charge is 2.44. The Kier molecular flexibility index (Phi) is 22.2. The van der Waals surface area contributed by atoms with Crippen molar-refractivity contribution in [1.82, 2.24) is 0 Å². The lowest BCUT2D eigenvalue weighted by atomic mass is 10.0. The van der Waals surface area contributed by atoms with E-state index >= 15 is 0 Å². The smallest absolute Gasteiger partial charge is 0.200 e. The SMILES string of the molecule is CCCCCCCCCCCCCCCCC(=O)/C=C/[C@H](CCO[Si](C(C)C)(C(C)C)C(C)C)OO. The third kappa shape index (κ3) is 15.7. The van der Waals surface area contributed by atoms with E-state index in [-0.39, 0.29) is 5.78 Å². The molecule has 0 spiro atoms. The summed E-state index contributed by atoms with van der Waals surface area (Å²) in [4.78, 5) is 16.9. The van der Waals surface area contributed by atoms with Crippen LogP contribution in [0.25, 0.3) is 0 Å². The maximum absolute atomic E-state index is 12.2. The second kappa shape index (κ2) is 22.5. The summed E-state index contributed by atoms with van der Waals surface area (Å²) in [5, 5.41) is 9.30. The molecule has 0 aromatic rings. The van der Waals surface area contributed by atoms with Crippen LogP contribution in [-0.4, -0.2) is 32.1 Å². The summed E-state index contributed by atoms with van der Waals surface area (Å²) in [7, 11) is -1.93. The van der Waals surface area contributed by atoms with Gasteiger partial charge in [0.2, 0.25) is 0 Å². The Morgan fingerprint density at radius 2 is 1.14 bits per heavy atom. The van der Waals surface area contributed by atoms with Gasteiger partial charge >= 0.3 is 0 Å². The summed E-state index contributed by atoms with van der Waals surface area (Å²) in [5.74, 6) is 0.118. The number of carbonyl (C=O) groups excluding carboxylic acids is 1. The average molecular weight is 527 g/mol. The molecule has 0 aliphatic rings. The molecule has 214 valence electrons. The number of hydrogen-bond acceptors (Lipinski definition) is 4. The highest BCUT2D eigenvalue weighted by atomic mass is 28.4. The van der Waals surface area contributed by atoms with Crippen molar-refractivity contribution in [2.24, 2.45) is 0 Å². The van der Waals surface area contributed by atoms with Crippen LogP contribution < -0.4 is 0 Å². The van der Waals surface area contributed by atoms with Crippen molar-refractivity contribution in [2.75, 3.05) is 6.61 Å². The quantitative estimate of drug-likeness (QED) is 0.0422. The normalized spacial score (nSPS) is 13.5. The van der Waals surface area contributed by atoms with Crippen LogP contribution in [0.3, 0.4) is 0 Å². The number of unbranched alkanes of at least 4 members (excludes halogenated alkanes) is 13. The highest BCUT2D eigenvalue weighted by molar-refractivity contribution is 6.77. The van der Waals surface area contributed by atoms with E-state index in [0.717, 1.165) is 12.8 Å². The van der Waals surface area contributed by atoms with E-state index in [9.17, 15) is 10.1 Å². The summed E-state index contributed by atoms with van der Waals surface area (Å²) in [6.45, 7) is 16.4. The van der Waals surface area contributed by atoms with Gasteiger partial charge in [0.25, 0.3) is 0 Å². The van der Waals surface area contributed by atoms with Gasteiger partial charge in [-0.1, -0.05) is 132 Å². The fourth-order valence-electron chi connectivity index (χ4n) is 5.83. The van der Waals surface area contributed by atoms with Crippen LogP contribution >= 0.6 is 0 Å². The topological polar surface area (TPSA) is 55.8 Å². The molecule has 0 unspecified atom stereocenters. The second-order valence-corrected chi connectivity index (χ2v) is 17.2. The summed E-state index contributed by atoms with van der Waals surface area (Å²) in [6, 6.07) is 0. The lowest BCUT2D eigenvalue weighted by Gasteiger charge is -2.42. The van der Waals surface area contributed by atoms with Crippen LogP contribution in [0.2, 0.25) is 16.6 Å². The first kappa shape index (κ1) is 35.5. The van der Waals surface area contributed by atoms with E-state index in [0.29, 0.717) is 36.1 Å². The van der Waals surface area contributed by atoms with Crippen molar-refractivity contribution >= 4 is 14.1 Å². The van der Waals surface area contributed by atoms with Gasteiger partial charge in [-0.05, 0) is 35.2 Å². The van der Waals surface area contributed by atoms with Gasteiger partial charge in [0.05, 0.1) is 0 Å². The molecule has 0 aromatic carbocycles. The minimum atomic E-state index is -1.93. The van der Waals surface area contributed by atoms with E-state index in [1.54, 1.807) is 12.2 Å². The summed E-state index contributed by atoms with van der Waals surface area (Å²) < 4.78 is 6.54. The molecule has 0 rings (SSSR count). The molecule has 0 saturated carbocycles. The molecule has 0 heterocycles.